The van der Waals surface area contributed by atoms with Crippen LogP contribution < -0.4 is 5.73 Å². The first-order valence-corrected chi connectivity index (χ1v) is 4.72. The molecule has 0 aliphatic rings. The number of hydrogen-bond donors (Lipinski definition) is 3. The van der Waals surface area contributed by atoms with Gasteiger partial charge in [0, 0.05) is 6.42 Å². The Morgan fingerprint density at radius 1 is 1.43 bits per heavy atom. The summed E-state index contributed by atoms with van der Waals surface area (Å²) in [5.41, 5.74) is 4.70. The molecule has 0 spiro atoms. The molecule has 4 N–H and O–H groups in total. The highest BCUT2D eigenvalue weighted by molar-refractivity contribution is 7.80. The molecule has 0 unspecified atom stereocenters. The Labute approximate surface area is 79.6 Å². The standard InChI is InChI=1S/C5H9NO7S/c6-4(7)1-3(5(8)9)2-13-14(10,11)12/h3H,1-2H2,(H2,6,7)(H,8,9)(H,10,11,12)/t3-/m0/s1. The van der Waals surface area contributed by atoms with Gasteiger partial charge in [0.1, 0.15) is 0 Å². The van der Waals surface area contributed by atoms with Gasteiger partial charge < -0.3 is 10.8 Å². The highest BCUT2D eigenvalue weighted by Crippen LogP contribution is 2.05. The summed E-state index contributed by atoms with van der Waals surface area (Å²) in [5.74, 6) is -3.74. The summed E-state index contributed by atoms with van der Waals surface area (Å²) in [7, 11) is -4.70. The van der Waals surface area contributed by atoms with E-state index in [4.69, 9.17) is 15.4 Å². The summed E-state index contributed by atoms with van der Waals surface area (Å²) in [4.78, 5) is 20.7. The third kappa shape index (κ3) is 6.34. The van der Waals surface area contributed by atoms with Gasteiger partial charge in [-0.05, 0) is 0 Å². The van der Waals surface area contributed by atoms with Gasteiger partial charge in [-0.3, -0.25) is 14.1 Å². The molecule has 0 heterocycles. The van der Waals surface area contributed by atoms with Gasteiger partial charge >= 0.3 is 16.4 Å². The van der Waals surface area contributed by atoms with Crippen LogP contribution in [0.1, 0.15) is 6.42 Å². The molecule has 0 aromatic heterocycles. The number of carboxylic acid groups (broad SMARTS) is 1. The molecule has 0 aromatic carbocycles. The molecule has 1 atom stereocenters. The molecule has 8 nitrogen and oxygen atoms in total. The zero-order chi connectivity index (χ0) is 11.4. The Balaban J connectivity index is 4.25. The van der Waals surface area contributed by atoms with Gasteiger partial charge in [0.25, 0.3) is 0 Å². The van der Waals surface area contributed by atoms with E-state index >= 15 is 0 Å². The Kier molecular flexibility index (Phi) is 4.47. The maximum atomic E-state index is 10.4. The second-order valence-electron chi connectivity index (χ2n) is 2.42. The van der Waals surface area contributed by atoms with Crippen LogP contribution in [0.5, 0.6) is 0 Å². The zero-order valence-corrected chi connectivity index (χ0v) is 7.73. The van der Waals surface area contributed by atoms with Crippen LogP contribution in [0, 0.1) is 5.92 Å². The number of amides is 1. The lowest BCUT2D eigenvalue weighted by Gasteiger charge is -2.08. The van der Waals surface area contributed by atoms with Crippen molar-refractivity contribution in [3.63, 3.8) is 0 Å². The Morgan fingerprint density at radius 2 is 1.93 bits per heavy atom. The van der Waals surface area contributed by atoms with Crippen molar-refractivity contribution in [1.82, 2.24) is 0 Å². The average Bonchev–Trinajstić information content (AvgIpc) is 1.94. The van der Waals surface area contributed by atoms with Gasteiger partial charge in [-0.2, -0.15) is 8.42 Å². The first-order chi connectivity index (χ1) is 6.22. The number of rotatable bonds is 6. The number of hydrogen-bond acceptors (Lipinski definition) is 5. The first kappa shape index (κ1) is 12.8. The van der Waals surface area contributed by atoms with E-state index in [-0.39, 0.29) is 0 Å². The Bertz CT molecular complexity index is 321. The van der Waals surface area contributed by atoms with Crippen LogP contribution in [0.15, 0.2) is 0 Å². The lowest BCUT2D eigenvalue weighted by atomic mass is 10.1. The molecular formula is C5H9NO7S. The lowest BCUT2D eigenvalue weighted by Crippen LogP contribution is -2.27. The van der Waals surface area contributed by atoms with E-state index in [1.54, 1.807) is 0 Å². The third-order valence-corrected chi connectivity index (χ3v) is 1.65. The van der Waals surface area contributed by atoms with Crippen molar-refractivity contribution >= 4 is 22.3 Å². The molecule has 0 saturated heterocycles. The molecule has 0 aliphatic heterocycles. The minimum absolute atomic E-state index is 0.565. The summed E-state index contributed by atoms with van der Waals surface area (Å²) in [6.45, 7) is -0.836. The minimum atomic E-state index is -4.70. The van der Waals surface area contributed by atoms with Gasteiger partial charge in [0.2, 0.25) is 5.91 Å². The predicted molar refractivity (Wildman–Crippen MR) is 42.4 cm³/mol. The minimum Gasteiger partial charge on any atom is -0.481 e. The van der Waals surface area contributed by atoms with Crippen LogP contribution in [-0.4, -0.2) is 36.6 Å². The number of primary amides is 1. The maximum absolute atomic E-state index is 10.4. The molecule has 0 aromatic rings. The molecule has 1 amide bonds. The normalized spacial score (nSPS) is 13.5. The van der Waals surface area contributed by atoms with Crippen molar-refractivity contribution in [2.45, 2.75) is 6.42 Å². The fourth-order valence-electron chi connectivity index (χ4n) is 0.628. The van der Waals surface area contributed by atoms with Gasteiger partial charge in [0.05, 0.1) is 12.5 Å². The molecule has 0 radical (unpaired) electrons. The van der Waals surface area contributed by atoms with Crippen molar-refractivity contribution in [1.29, 1.82) is 0 Å². The number of aliphatic carboxylic acids is 1. The van der Waals surface area contributed by atoms with Crippen molar-refractivity contribution in [2.24, 2.45) is 11.7 Å². The van der Waals surface area contributed by atoms with Crippen LogP contribution in [0.4, 0.5) is 0 Å². The maximum Gasteiger partial charge on any atom is 0.397 e. The molecule has 0 bridgehead atoms. The van der Waals surface area contributed by atoms with Crippen LogP contribution in [0.25, 0.3) is 0 Å². The van der Waals surface area contributed by atoms with E-state index in [0.29, 0.717) is 0 Å². The fraction of sp³-hybridized carbons (Fsp3) is 0.600. The van der Waals surface area contributed by atoms with E-state index < -0.39 is 41.2 Å². The summed E-state index contributed by atoms with van der Waals surface area (Å²) >= 11 is 0. The number of carboxylic acids is 1. The van der Waals surface area contributed by atoms with E-state index in [1.165, 1.54) is 0 Å². The molecule has 0 fully saturated rings. The largest absolute Gasteiger partial charge is 0.481 e. The van der Waals surface area contributed by atoms with E-state index in [0.717, 1.165) is 0 Å². The topological polar surface area (TPSA) is 144 Å². The average molecular weight is 227 g/mol. The molecular weight excluding hydrogens is 218 g/mol. The van der Waals surface area contributed by atoms with Gasteiger partial charge in [0.15, 0.2) is 0 Å². The van der Waals surface area contributed by atoms with Crippen LogP contribution in [0.2, 0.25) is 0 Å². The number of carbonyl (C=O) groups is 2. The van der Waals surface area contributed by atoms with Crippen molar-refractivity contribution < 1.29 is 31.8 Å². The highest BCUT2D eigenvalue weighted by atomic mass is 32.3. The molecule has 82 valence electrons. The molecule has 14 heavy (non-hydrogen) atoms. The quantitative estimate of drug-likeness (QED) is 0.462. The second kappa shape index (κ2) is 4.88. The monoisotopic (exact) mass is 227 g/mol. The van der Waals surface area contributed by atoms with Crippen molar-refractivity contribution in [3.8, 4) is 0 Å². The lowest BCUT2D eigenvalue weighted by molar-refractivity contribution is -0.144. The zero-order valence-electron chi connectivity index (χ0n) is 6.91. The summed E-state index contributed by atoms with van der Waals surface area (Å²) in [6, 6.07) is 0. The Morgan fingerprint density at radius 3 is 2.21 bits per heavy atom. The van der Waals surface area contributed by atoms with Crippen molar-refractivity contribution in [3.05, 3.63) is 0 Å². The molecule has 0 saturated carbocycles. The van der Waals surface area contributed by atoms with E-state index in [9.17, 15) is 18.0 Å². The van der Waals surface area contributed by atoms with Crippen molar-refractivity contribution in [2.75, 3.05) is 6.61 Å². The second-order valence-corrected chi connectivity index (χ2v) is 3.51. The SMILES string of the molecule is NC(=O)C[C@@H](COS(=O)(=O)O)C(=O)O. The number of nitrogens with two attached hydrogens (primary N) is 1. The fourth-order valence-corrected chi connectivity index (χ4v) is 0.965. The molecule has 0 aliphatic carbocycles. The van der Waals surface area contributed by atoms with Crippen LogP contribution >= 0.6 is 0 Å². The summed E-state index contributed by atoms with van der Waals surface area (Å²) in [5, 5.41) is 8.45. The summed E-state index contributed by atoms with van der Waals surface area (Å²) < 4.78 is 32.1. The van der Waals surface area contributed by atoms with Gasteiger partial charge in [-0.15, -0.1) is 0 Å². The third-order valence-electron chi connectivity index (χ3n) is 1.21. The molecule has 0 rings (SSSR count). The van der Waals surface area contributed by atoms with E-state index in [1.807, 2.05) is 0 Å². The smallest absolute Gasteiger partial charge is 0.397 e. The van der Waals surface area contributed by atoms with Crippen LogP contribution in [-0.2, 0) is 24.2 Å². The number of carbonyl (C=O) groups excluding carboxylic acids is 1. The highest BCUT2D eigenvalue weighted by Gasteiger charge is 2.22. The van der Waals surface area contributed by atoms with Gasteiger partial charge in [-0.25, -0.2) is 4.18 Å². The Hall–Kier alpha value is -1.19. The summed E-state index contributed by atoms with van der Waals surface area (Å²) in [6.07, 6.45) is -0.565. The van der Waals surface area contributed by atoms with E-state index in [2.05, 4.69) is 4.18 Å². The molecule has 9 heteroatoms. The first-order valence-electron chi connectivity index (χ1n) is 3.35. The predicted octanol–water partition coefficient (Wildman–Crippen LogP) is -1.62. The van der Waals surface area contributed by atoms with Gasteiger partial charge in [-0.1, -0.05) is 0 Å². The van der Waals surface area contributed by atoms with Crippen LogP contribution in [0.3, 0.4) is 0 Å².